The molecule has 12 nitrogen and oxygen atoms in total. The molecule has 4 unspecified atom stereocenters. The van der Waals surface area contributed by atoms with E-state index in [1.807, 2.05) is 30.3 Å². The van der Waals surface area contributed by atoms with E-state index in [1.165, 1.54) is 13.3 Å². The van der Waals surface area contributed by atoms with Crippen LogP contribution in [-0.2, 0) is 35.4 Å². The van der Waals surface area contributed by atoms with E-state index in [0.29, 0.717) is 17.0 Å². The Morgan fingerprint density at radius 3 is 2.42 bits per heavy atom. The third kappa shape index (κ3) is 8.40. The van der Waals surface area contributed by atoms with E-state index in [0.717, 1.165) is 5.56 Å². The van der Waals surface area contributed by atoms with Gasteiger partial charge < -0.3 is 24.8 Å². The van der Waals surface area contributed by atoms with Crippen LogP contribution in [0.4, 0.5) is 5.82 Å². The number of benzene rings is 2. The number of nitrogens with one attached hydrogen (secondary N) is 1. The number of fused-ring (bicyclic) bond motifs is 1. The van der Waals surface area contributed by atoms with Crippen LogP contribution in [0, 0.1) is 0 Å². The molecule has 2 heterocycles. The van der Waals surface area contributed by atoms with Crippen LogP contribution >= 0.6 is 7.75 Å². The van der Waals surface area contributed by atoms with Crippen molar-refractivity contribution in [2.75, 3.05) is 18.9 Å². The molecule has 13 heteroatoms. The standard InChI is InChI=1S/C30H38N5O7P/c1-5-39-29(37)24(18-22-12-8-6-9-13-22)34-43(38,42-23-14-10-7-11-15-23)40-19-26(21(2)36)41-30(3,4)27-17-16-25-28(31)32-20-33-35(25)27/h6-17,20-21,24,26,36H,5,18-19H2,1-4H3,(H,34,38)(H2,31,32,33). The molecule has 230 valence electrons. The molecule has 4 atom stereocenters. The first kappa shape index (κ1) is 32.1. The molecule has 0 aliphatic carbocycles. The maximum atomic E-state index is 14.3. The van der Waals surface area contributed by atoms with Gasteiger partial charge in [0.2, 0.25) is 0 Å². The lowest BCUT2D eigenvalue weighted by atomic mass is 10.0. The zero-order valence-electron chi connectivity index (χ0n) is 24.6. The number of anilines is 1. The maximum absolute atomic E-state index is 14.3. The number of carbonyl (C=O) groups excluding carboxylic acids is 1. The van der Waals surface area contributed by atoms with Gasteiger partial charge >= 0.3 is 13.7 Å². The summed E-state index contributed by atoms with van der Waals surface area (Å²) < 4.78 is 39.2. The van der Waals surface area contributed by atoms with Gasteiger partial charge in [0.25, 0.3) is 0 Å². The molecule has 4 aromatic rings. The molecular formula is C30H38N5O7P. The molecule has 0 spiro atoms. The molecule has 43 heavy (non-hydrogen) atoms. The van der Waals surface area contributed by atoms with Gasteiger partial charge in [0.05, 0.1) is 25.0 Å². The van der Waals surface area contributed by atoms with E-state index in [4.69, 9.17) is 24.3 Å². The van der Waals surface area contributed by atoms with E-state index in [9.17, 15) is 14.5 Å². The van der Waals surface area contributed by atoms with Crippen LogP contribution in [0.15, 0.2) is 79.1 Å². The van der Waals surface area contributed by atoms with Gasteiger partial charge in [-0.2, -0.15) is 10.2 Å². The number of aliphatic hydroxyl groups is 1. The number of esters is 1. The van der Waals surface area contributed by atoms with Crippen LogP contribution in [0.3, 0.4) is 0 Å². The number of nitrogen functional groups attached to an aromatic ring is 1. The number of aliphatic hydroxyl groups excluding tert-OH is 1. The van der Waals surface area contributed by atoms with Crippen molar-refractivity contribution in [1.82, 2.24) is 19.7 Å². The normalized spacial score (nSPS) is 15.4. The monoisotopic (exact) mass is 611 g/mol. The van der Waals surface area contributed by atoms with Crippen LogP contribution in [0.25, 0.3) is 5.52 Å². The number of hydrogen-bond donors (Lipinski definition) is 3. The van der Waals surface area contributed by atoms with Crippen molar-refractivity contribution in [3.05, 3.63) is 90.4 Å². The fourth-order valence-electron chi connectivity index (χ4n) is 4.47. The van der Waals surface area contributed by atoms with Crippen LogP contribution in [0.1, 0.15) is 39.0 Å². The second-order valence-electron chi connectivity index (χ2n) is 10.4. The summed E-state index contributed by atoms with van der Waals surface area (Å²) in [6.45, 7) is 6.62. The van der Waals surface area contributed by atoms with Gasteiger partial charge in [0, 0.05) is 0 Å². The fraction of sp³-hybridized carbons (Fsp3) is 0.367. The molecule has 0 aliphatic heterocycles. The first-order valence-electron chi connectivity index (χ1n) is 13.9. The summed E-state index contributed by atoms with van der Waals surface area (Å²) in [6.07, 6.45) is -0.499. The summed E-state index contributed by atoms with van der Waals surface area (Å²) in [5.41, 5.74) is 7.06. The van der Waals surface area contributed by atoms with Crippen molar-refractivity contribution in [1.29, 1.82) is 0 Å². The average Bonchev–Trinajstić information content (AvgIpc) is 3.43. The summed E-state index contributed by atoms with van der Waals surface area (Å²) in [5.74, 6) is -0.0470. The minimum Gasteiger partial charge on any atom is -0.465 e. The highest BCUT2D eigenvalue weighted by molar-refractivity contribution is 7.52. The molecule has 2 aromatic heterocycles. The average molecular weight is 612 g/mol. The van der Waals surface area contributed by atoms with E-state index in [2.05, 4.69) is 15.2 Å². The largest absolute Gasteiger partial charge is 0.465 e. The Morgan fingerprint density at radius 2 is 1.77 bits per heavy atom. The van der Waals surface area contributed by atoms with Crippen molar-refractivity contribution in [2.45, 2.75) is 58.0 Å². The van der Waals surface area contributed by atoms with Gasteiger partial charge in [-0.15, -0.1) is 0 Å². The Labute approximate surface area is 250 Å². The highest BCUT2D eigenvalue weighted by Gasteiger charge is 2.38. The molecule has 0 radical (unpaired) electrons. The predicted octanol–water partition coefficient (Wildman–Crippen LogP) is 4.28. The van der Waals surface area contributed by atoms with Crippen LogP contribution in [0.2, 0.25) is 0 Å². The van der Waals surface area contributed by atoms with E-state index >= 15 is 0 Å². The van der Waals surface area contributed by atoms with Gasteiger partial charge in [0.15, 0.2) is 5.82 Å². The quantitative estimate of drug-likeness (QED) is 0.130. The number of carbonyl (C=O) groups is 1. The van der Waals surface area contributed by atoms with Crippen molar-refractivity contribution in [3.8, 4) is 5.75 Å². The number of ether oxygens (including phenoxy) is 2. The van der Waals surface area contributed by atoms with Gasteiger partial charge in [-0.1, -0.05) is 48.5 Å². The number of rotatable bonds is 15. The van der Waals surface area contributed by atoms with Gasteiger partial charge in [-0.05, 0) is 63.9 Å². The van der Waals surface area contributed by atoms with E-state index in [1.54, 1.807) is 67.8 Å². The van der Waals surface area contributed by atoms with E-state index < -0.39 is 37.6 Å². The third-order valence-corrected chi connectivity index (χ3v) is 8.20. The summed E-state index contributed by atoms with van der Waals surface area (Å²) in [4.78, 5) is 17.0. The second kappa shape index (κ2) is 14.1. The Hall–Kier alpha value is -3.80. The number of hydrogen-bond acceptors (Lipinski definition) is 10. The lowest BCUT2D eigenvalue weighted by molar-refractivity contribution is -0.145. The lowest BCUT2D eigenvalue weighted by Crippen LogP contribution is -2.42. The summed E-state index contributed by atoms with van der Waals surface area (Å²) in [7, 11) is -4.26. The summed E-state index contributed by atoms with van der Waals surface area (Å²) in [5, 5.41) is 17.7. The smallest absolute Gasteiger partial charge is 0.459 e. The molecule has 0 bridgehead atoms. The lowest BCUT2D eigenvalue weighted by Gasteiger charge is -2.33. The molecule has 2 aromatic carbocycles. The highest BCUT2D eigenvalue weighted by atomic mass is 31.2. The first-order valence-corrected chi connectivity index (χ1v) is 15.5. The summed E-state index contributed by atoms with van der Waals surface area (Å²) in [6, 6.07) is 20.2. The molecule has 4 N–H and O–H groups in total. The minimum atomic E-state index is -4.26. The molecule has 0 saturated carbocycles. The molecule has 0 fully saturated rings. The molecule has 0 aliphatic rings. The third-order valence-electron chi connectivity index (χ3n) is 6.63. The number of nitrogens with two attached hydrogens (primary N) is 1. The molecule has 0 amide bonds. The zero-order valence-corrected chi connectivity index (χ0v) is 25.5. The zero-order chi connectivity index (χ0) is 31.0. The topological polar surface area (TPSA) is 160 Å². The maximum Gasteiger partial charge on any atom is 0.459 e. The first-order chi connectivity index (χ1) is 20.5. The fourth-order valence-corrected chi connectivity index (χ4v) is 5.97. The van der Waals surface area contributed by atoms with Crippen molar-refractivity contribution >= 4 is 25.1 Å². The van der Waals surface area contributed by atoms with Crippen molar-refractivity contribution in [2.24, 2.45) is 0 Å². The SMILES string of the molecule is CCOC(=O)C(Cc1ccccc1)NP(=O)(OCC(OC(C)(C)c1ccc2c(N)ncnn12)C(C)O)Oc1ccccc1. The number of para-hydroxylation sites is 1. The molecule has 0 saturated heterocycles. The number of nitrogens with zero attached hydrogens (tertiary/aromatic N) is 3. The molecular weight excluding hydrogens is 573 g/mol. The second-order valence-corrected chi connectivity index (χ2v) is 12.1. The number of aromatic nitrogens is 3. The van der Waals surface area contributed by atoms with Crippen molar-refractivity contribution < 1.29 is 33.0 Å². The Bertz CT molecular complexity index is 1530. The van der Waals surface area contributed by atoms with Crippen LogP contribution < -0.4 is 15.3 Å². The van der Waals surface area contributed by atoms with Gasteiger partial charge in [0.1, 0.15) is 35.3 Å². The Balaban J connectivity index is 1.58. The predicted molar refractivity (Wildman–Crippen MR) is 161 cm³/mol. The van der Waals surface area contributed by atoms with Crippen molar-refractivity contribution in [3.63, 3.8) is 0 Å². The van der Waals surface area contributed by atoms with Crippen LogP contribution in [0.5, 0.6) is 5.75 Å². The highest BCUT2D eigenvalue weighted by Crippen LogP contribution is 2.46. The van der Waals surface area contributed by atoms with Gasteiger partial charge in [-0.25, -0.2) is 14.1 Å². The van der Waals surface area contributed by atoms with Crippen LogP contribution in [-0.4, -0.2) is 57.1 Å². The summed E-state index contributed by atoms with van der Waals surface area (Å²) >= 11 is 0. The van der Waals surface area contributed by atoms with Gasteiger partial charge in [-0.3, -0.25) is 9.32 Å². The van der Waals surface area contributed by atoms with E-state index in [-0.39, 0.29) is 25.4 Å². The minimum absolute atomic E-state index is 0.133. The Kier molecular flexibility index (Phi) is 10.5. The Morgan fingerprint density at radius 1 is 1.09 bits per heavy atom. The molecule has 4 rings (SSSR count).